The number of nitrogens with zero attached hydrogens (tertiary/aromatic N) is 6. The molecule has 2 atom stereocenters. The molecule has 0 radical (unpaired) electrons. The molecule has 1 aliphatic rings. The molecule has 0 aliphatic carbocycles. The van der Waals surface area contributed by atoms with Gasteiger partial charge in [-0.3, -0.25) is 0 Å². The Morgan fingerprint density at radius 1 is 1.14 bits per heavy atom. The van der Waals surface area contributed by atoms with Crippen LogP contribution in [0.25, 0.3) is 11.1 Å². The van der Waals surface area contributed by atoms with E-state index in [4.69, 9.17) is 0 Å². The summed E-state index contributed by atoms with van der Waals surface area (Å²) < 4.78 is 0. The quantitative estimate of drug-likeness (QED) is 0.660. The Labute approximate surface area is 170 Å². The third-order valence-electron chi connectivity index (χ3n) is 5.06. The summed E-state index contributed by atoms with van der Waals surface area (Å²) in [5.74, 6) is 2.37. The highest BCUT2D eigenvalue weighted by atomic mass is 16.3. The predicted molar refractivity (Wildman–Crippen MR) is 114 cm³/mol. The summed E-state index contributed by atoms with van der Waals surface area (Å²) in [6, 6.07) is 14.1. The van der Waals surface area contributed by atoms with Gasteiger partial charge in [0.25, 0.3) is 0 Å². The van der Waals surface area contributed by atoms with Crippen LogP contribution in [0.4, 0.5) is 17.5 Å². The molecule has 1 fully saturated rings. The zero-order valence-electron chi connectivity index (χ0n) is 16.6. The van der Waals surface area contributed by atoms with E-state index in [1.807, 2.05) is 61.5 Å². The molecule has 0 amide bonds. The van der Waals surface area contributed by atoms with E-state index in [0.717, 1.165) is 22.8 Å². The molecule has 0 bridgehead atoms. The van der Waals surface area contributed by atoms with Gasteiger partial charge < -0.3 is 20.2 Å². The lowest BCUT2D eigenvalue weighted by Gasteiger charge is -2.26. The van der Waals surface area contributed by atoms with Gasteiger partial charge in [0.15, 0.2) is 0 Å². The van der Waals surface area contributed by atoms with Gasteiger partial charge in [-0.05, 0) is 18.1 Å². The van der Waals surface area contributed by atoms with E-state index in [2.05, 4.69) is 30.4 Å². The second-order valence-electron chi connectivity index (χ2n) is 7.40. The maximum Gasteiger partial charge on any atom is 0.149 e. The maximum atomic E-state index is 10.2. The topological polar surface area (TPSA) is 90.3 Å². The number of benzene rings is 1. The molecular formula is C21H25N7O. The fourth-order valence-electron chi connectivity index (χ4n) is 3.57. The molecule has 1 aliphatic heterocycles. The van der Waals surface area contributed by atoms with Crippen LogP contribution in [0.2, 0.25) is 0 Å². The number of hydrogen-bond donors (Lipinski definition) is 2. The van der Waals surface area contributed by atoms with Crippen LogP contribution >= 0.6 is 0 Å². The monoisotopic (exact) mass is 391 g/mol. The van der Waals surface area contributed by atoms with Gasteiger partial charge in [0.2, 0.25) is 0 Å². The largest absolute Gasteiger partial charge is 0.391 e. The third kappa shape index (κ3) is 4.43. The van der Waals surface area contributed by atoms with Gasteiger partial charge in [0, 0.05) is 38.8 Å². The van der Waals surface area contributed by atoms with Crippen LogP contribution in [-0.4, -0.2) is 64.6 Å². The van der Waals surface area contributed by atoms with Crippen LogP contribution < -0.4 is 15.1 Å². The molecular weight excluding hydrogens is 366 g/mol. The van der Waals surface area contributed by atoms with Gasteiger partial charge in [-0.25, -0.2) is 9.97 Å². The first-order valence-corrected chi connectivity index (χ1v) is 9.66. The zero-order valence-corrected chi connectivity index (χ0v) is 16.6. The SMILES string of the molecule is CN(C)c1cc(N2C[C@H](O)C[C@@H]2CNc2cc(-c3ccccc3)cnn2)ncn1. The Bertz CT molecular complexity index is 951. The Morgan fingerprint density at radius 2 is 1.97 bits per heavy atom. The van der Waals surface area contributed by atoms with Crippen molar-refractivity contribution in [3.05, 3.63) is 55.0 Å². The zero-order chi connectivity index (χ0) is 20.2. The van der Waals surface area contributed by atoms with Gasteiger partial charge in [0.05, 0.1) is 18.3 Å². The summed E-state index contributed by atoms with van der Waals surface area (Å²) in [4.78, 5) is 12.8. The van der Waals surface area contributed by atoms with Crippen molar-refractivity contribution >= 4 is 17.5 Å². The average molecular weight is 391 g/mol. The summed E-state index contributed by atoms with van der Waals surface area (Å²) in [5.41, 5.74) is 2.11. The standard InChI is InChI=1S/C21H25N7O/c1-27(2)20-10-21(24-14-23-20)28-13-18(29)9-17(28)12-22-19-8-16(11-25-26-19)15-6-4-3-5-7-15/h3-8,10-11,14,17-18,29H,9,12-13H2,1-2H3,(H,22,26)/t17-,18-/m1/s1. The molecule has 8 heteroatoms. The van der Waals surface area contributed by atoms with Crippen LogP contribution in [0, 0.1) is 0 Å². The molecule has 4 rings (SSSR count). The van der Waals surface area contributed by atoms with E-state index >= 15 is 0 Å². The Hall–Kier alpha value is -3.26. The minimum absolute atomic E-state index is 0.0945. The van der Waals surface area contributed by atoms with E-state index in [1.165, 1.54) is 0 Å². The lowest BCUT2D eigenvalue weighted by molar-refractivity contribution is 0.194. The first-order valence-electron chi connectivity index (χ1n) is 9.66. The highest BCUT2D eigenvalue weighted by Crippen LogP contribution is 2.26. The van der Waals surface area contributed by atoms with Crippen LogP contribution in [0.3, 0.4) is 0 Å². The van der Waals surface area contributed by atoms with Crippen molar-refractivity contribution in [3.8, 4) is 11.1 Å². The first kappa shape index (κ1) is 19.1. The lowest BCUT2D eigenvalue weighted by Crippen LogP contribution is -2.36. The van der Waals surface area contributed by atoms with Crippen molar-refractivity contribution in [2.45, 2.75) is 18.6 Å². The van der Waals surface area contributed by atoms with E-state index < -0.39 is 0 Å². The van der Waals surface area contributed by atoms with Crippen LogP contribution in [-0.2, 0) is 0 Å². The molecule has 2 N–H and O–H groups in total. The number of aliphatic hydroxyl groups is 1. The van der Waals surface area contributed by atoms with Gasteiger partial charge in [0.1, 0.15) is 23.8 Å². The summed E-state index contributed by atoms with van der Waals surface area (Å²) >= 11 is 0. The van der Waals surface area contributed by atoms with Crippen molar-refractivity contribution in [3.63, 3.8) is 0 Å². The third-order valence-corrected chi connectivity index (χ3v) is 5.06. The second-order valence-corrected chi connectivity index (χ2v) is 7.40. The van der Waals surface area contributed by atoms with Crippen molar-refractivity contribution in [1.29, 1.82) is 0 Å². The van der Waals surface area contributed by atoms with Gasteiger partial charge in [-0.2, -0.15) is 5.10 Å². The van der Waals surface area contributed by atoms with Gasteiger partial charge in [-0.1, -0.05) is 30.3 Å². The van der Waals surface area contributed by atoms with Crippen LogP contribution in [0.15, 0.2) is 55.0 Å². The van der Waals surface area contributed by atoms with E-state index in [1.54, 1.807) is 12.5 Å². The molecule has 3 aromatic rings. The fraction of sp³-hybridized carbons (Fsp3) is 0.333. The number of anilines is 3. The second kappa shape index (κ2) is 8.40. The smallest absolute Gasteiger partial charge is 0.149 e. The van der Waals surface area contributed by atoms with E-state index in [0.29, 0.717) is 25.3 Å². The minimum atomic E-state index is -0.388. The highest BCUT2D eigenvalue weighted by Gasteiger charge is 2.32. The number of aliphatic hydroxyl groups excluding tert-OH is 1. The maximum absolute atomic E-state index is 10.2. The molecule has 1 aromatic carbocycles. The summed E-state index contributed by atoms with van der Waals surface area (Å²) in [6.45, 7) is 1.18. The molecule has 29 heavy (non-hydrogen) atoms. The molecule has 0 spiro atoms. The Kier molecular flexibility index (Phi) is 5.53. The number of nitrogens with one attached hydrogen (secondary N) is 1. The van der Waals surface area contributed by atoms with E-state index in [9.17, 15) is 5.11 Å². The minimum Gasteiger partial charge on any atom is -0.391 e. The van der Waals surface area contributed by atoms with Gasteiger partial charge in [-0.15, -0.1) is 5.10 Å². The fourth-order valence-corrected chi connectivity index (χ4v) is 3.57. The lowest BCUT2D eigenvalue weighted by atomic mass is 10.1. The Morgan fingerprint density at radius 3 is 2.76 bits per heavy atom. The van der Waals surface area contributed by atoms with Crippen LogP contribution in [0.1, 0.15) is 6.42 Å². The van der Waals surface area contributed by atoms with Crippen molar-refractivity contribution < 1.29 is 5.11 Å². The van der Waals surface area contributed by atoms with Crippen molar-refractivity contribution in [2.24, 2.45) is 0 Å². The number of hydrogen-bond acceptors (Lipinski definition) is 8. The average Bonchev–Trinajstić information content (AvgIpc) is 3.14. The molecule has 0 saturated carbocycles. The molecule has 2 aromatic heterocycles. The van der Waals surface area contributed by atoms with Crippen LogP contribution in [0.5, 0.6) is 0 Å². The Balaban J connectivity index is 1.48. The van der Waals surface area contributed by atoms with Crippen molar-refractivity contribution in [2.75, 3.05) is 42.3 Å². The summed E-state index contributed by atoms with van der Waals surface area (Å²) in [5, 5.41) is 22.0. The molecule has 3 heterocycles. The predicted octanol–water partition coefficient (Wildman–Crippen LogP) is 2.05. The highest BCUT2D eigenvalue weighted by molar-refractivity contribution is 5.65. The molecule has 8 nitrogen and oxygen atoms in total. The number of rotatable bonds is 6. The molecule has 0 unspecified atom stereocenters. The normalized spacial score (nSPS) is 18.7. The van der Waals surface area contributed by atoms with E-state index in [-0.39, 0.29) is 12.1 Å². The molecule has 1 saturated heterocycles. The van der Waals surface area contributed by atoms with Gasteiger partial charge >= 0.3 is 0 Å². The summed E-state index contributed by atoms with van der Waals surface area (Å²) in [6.07, 6.45) is 3.60. The molecule has 150 valence electrons. The number of β-amino-alcohol motifs (C(OH)–C–C–N with tert-alkyl or cyclic N) is 1. The number of aromatic nitrogens is 4. The summed E-state index contributed by atoms with van der Waals surface area (Å²) in [7, 11) is 3.89. The van der Waals surface area contributed by atoms with Crippen molar-refractivity contribution in [1.82, 2.24) is 20.2 Å². The first-order chi connectivity index (χ1) is 14.1.